The summed E-state index contributed by atoms with van der Waals surface area (Å²) in [5.41, 5.74) is 14.7. The van der Waals surface area contributed by atoms with Gasteiger partial charge in [-0.2, -0.15) is 0 Å². The van der Waals surface area contributed by atoms with Crippen LogP contribution in [-0.2, 0) is 18.9 Å². The minimum Gasteiger partial charge on any atom is -0.404 e. The summed E-state index contributed by atoms with van der Waals surface area (Å²) in [5, 5.41) is 0. The lowest BCUT2D eigenvalue weighted by Gasteiger charge is -2.56. The zero-order valence-corrected chi connectivity index (χ0v) is 15.3. The van der Waals surface area contributed by atoms with Crippen LogP contribution in [0.5, 0.6) is 0 Å². The first-order valence-electron chi connectivity index (χ1n) is 9.98. The van der Waals surface area contributed by atoms with Gasteiger partial charge >= 0.3 is 0 Å². The van der Waals surface area contributed by atoms with Gasteiger partial charge < -0.3 is 30.4 Å². The van der Waals surface area contributed by atoms with Crippen LogP contribution in [0.4, 0.5) is 0 Å². The highest BCUT2D eigenvalue weighted by molar-refractivity contribution is 5.42. The molecule has 4 unspecified atom stereocenters. The van der Waals surface area contributed by atoms with Crippen molar-refractivity contribution in [3.63, 3.8) is 0 Å². The Kier molecular flexibility index (Phi) is 4.08. The van der Waals surface area contributed by atoms with Crippen LogP contribution in [0.1, 0.15) is 38.5 Å². The van der Waals surface area contributed by atoms with Gasteiger partial charge in [-0.15, -0.1) is 0 Å². The number of rotatable bonds is 8. The topological polar surface area (TPSA) is 102 Å². The summed E-state index contributed by atoms with van der Waals surface area (Å²) < 4.78 is 22.8. The van der Waals surface area contributed by atoms with Gasteiger partial charge in [-0.05, 0) is 67.5 Å². The Bertz CT molecular complexity index is 587. The van der Waals surface area contributed by atoms with Crippen molar-refractivity contribution >= 4 is 0 Å². The number of ether oxygens (including phenoxy) is 4. The molecular formula is C20H30N2O4. The molecule has 4 N–H and O–H groups in total. The first-order valence-corrected chi connectivity index (χ1v) is 9.98. The molecule has 4 saturated heterocycles. The van der Waals surface area contributed by atoms with Crippen molar-refractivity contribution in [3.8, 4) is 0 Å². The van der Waals surface area contributed by atoms with Crippen molar-refractivity contribution in [2.45, 2.75) is 62.9 Å². The molecule has 0 radical (unpaired) electrons. The number of allylic oxidation sites excluding steroid dienone is 2. The fourth-order valence-corrected chi connectivity index (χ4v) is 5.59. The first-order chi connectivity index (χ1) is 12.7. The second kappa shape index (κ2) is 6.23. The van der Waals surface area contributed by atoms with Crippen molar-refractivity contribution < 1.29 is 18.9 Å². The molecule has 1 aliphatic carbocycles. The summed E-state index contributed by atoms with van der Waals surface area (Å²) in [4.78, 5) is 0. The second-order valence-corrected chi connectivity index (χ2v) is 8.77. The molecule has 0 amide bonds. The number of nitrogens with two attached hydrogens (primary N) is 2. The maximum Gasteiger partial charge on any atom is 0.0818 e. The van der Waals surface area contributed by atoms with Crippen LogP contribution >= 0.6 is 0 Å². The predicted molar refractivity (Wildman–Crippen MR) is 96.1 cm³/mol. The summed E-state index contributed by atoms with van der Waals surface area (Å²) in [6.07, 6.45) is 11.2. The van der Waals surface area contributed by atoms with Crippen molar-refractivity contribution in [3.05, 3.63) is 23.5 Å². The van der Waals surface area contributed by atoms with E-state index in [1.807, 2.05) is 6.20 Å². The molecule has 0 bridgehead atoms. The van der Waals surface area contributed by atoms with E-state index in [2.05, 4.69) is 0 Å². The molecule has 6 heteroatoms. The van der Waals surface area contributed by atoms with Crippen LogP contribution in [0.15, 0.2) is 23.5 Å². The molecule has 5 fully saturated rings. The van der Waals surface area contributed by atoms with Gasteiger partial charge in [0.2, 0.25) is 0 Å². The maximum atomic E-state index is 6.25. The SMILES string of the molecule is NC=C1CCC(CC2CO2)(CC2CO2)C(CC2CO2)(CC2CO2)C1=CN. The Morgan fingerprint density at radius 3 is 1.62 bits per heavy atom. The summed E-state index contributed by atoms with van der Waals surface area (Å²) in [6, 6.07) is 0. The predicted octanol–water partition coefficient (Wildman–Crippen LogP) is 1.59. The summed E-state index contributed by atoms with van der Waals surface area (Å²) in [5.74, 6) is 0. The number of epoxide rings is 4. The Balaban J connectivity index is 1.60. The van der Waals surface area contributed by atoms with Crippen LogP contribution in [0.2, 0.25) is 0 Å². The van der Waals surface area contributed by atoms with E-state index in [9.17, 15) is 0 Å². The molecule has 6 nitrogen and oxygen atoms in total. The Hall–Kier alpha value is -1.08. The van der Waals surface area contributed by atoms with Gasteiger partial charge in [-0.3, -0.25) is 0 Å². The van der Waals surface area contributed by atoms with Crippen molar-refractivity contribution in [1.29, 1.82) is 0 Å². The third kappa shape index (κ3) is 3.07. The van der Waals surface area contributed by atoms with Gasteiger partial charge in [-0.1, -0.05) is 0 Å². The van der Waals surface area contributed by atoms with Crippen molar-refractivity contribution in [1.82, 2.24) is 0 Å². The third-order valence-electron chi connectivity index (χ3n) is 7.12. The molecule has 5 aliphatic rings. The van der Waals surface area contributed by atoms with E-state index < -0.39 is 0 Å². The minimum atomic E-state index is -0.0779. The van der Waals surface area contributed by atoms with Crippen molar-refractivity contribution in [2.24, 2.45) is 22.3 Å². The van der Waals surface area contributed by atoms with Gasteiger partial charge in [-0.25, -0.2) is 0 Å². The zero-order valence-electron chi connectivity index (χ0n) is 15.3. The van der Waals surface area contributed by atoms with Gasteiger partial charge in [0.05, 0.1) is 50.8 Å². The lowest BCUT2D eigenvalue weighted by molar-refractivity contribution is -0.0127. The van der Waals surface area contributed by atoms with E-state index in [0.29, 0.717) is 24.4 Å². The number of hydrogen-bond donors (Lipinski definition) is 2. The summed E-state index contributed by atoms with van der Waals surface area (Å²) in [7, 11) is 0. The van der Waals surface area contributed by atoms with E-state index in [1.54, 1.807) is 6.20 Å². The average molecular weight is 362 g/mol. The zero-order chi connectivity index (χ0) is 17.8. The molecular weight excluding hydrogens is 332 g/mol. The normalized spacial score (nSPS) is 49.4. The smallest absolute Gasteiger partial charge is 0.0818 e. The van der Waals surface area contributed by atoms with Crippen molar-refractivity contribution in [2.75, 3.05) is 26.4 Å². The van der Waals surface area contributed by atoms with E-state index in [1.165, 1.54) is 11.1 Å². The Labute approximate surface area is 154 Å². The third-order valence-corrected chi connectivity index (χ3v) is 7.12. The molecule has 0 aromatic rings. The largest absolute Gasteiger partial charge is 0.404 e. The van der Waals surface area contributed by atoms with E-state index in [4.69, 9.17) is 30.4 Å². The minimum absolute atomic E-state index is 0.0779. The highest BCUT2D eigenvalue weighted by Crippen LogP contribution is 2.66. The van der Waals surface area contributed by atoms with Gasteiger partial charge in [0, 0.05) is 5.41 Å². The fourth-order valence-electron chi connectivity index (χ4n) is 5.59. The highest BCUT2D eigenvalue weighted by Gasteiger charge is 2.61. The van der Waals surface area contributed by atoms with E-state index in [-0.39, 0.29) is 10.8 Å². The highest BCUT2D eigenvalue weighted by atomic mass is 16.6. The molecule has 26 heavy (non-hydrogen) atoms. The molecule has 4 aliphatic heterocycles. The molecule has 4 atom stereocenters. The molecule has 0 spiro atoms. The quantitative estimate of drug-likeness (QED) is 0.636. The lowest BCUT2D eigenvalue weighted by Crippen LogP contribution is -2.50. The lowest BCUT2D eigenvalue weighted by atomic mass is 9.47. The van der Waals surface area contributed by atoms with Crippen LogP contribution in [0.25, 0.3) is 0 Å². The molecule has 4 heterocycles. The van der Waals surface area contributed by atoms with E-state index >= 15 is 0 Å². The second-order valence-electron chi connectivity index (χ2n) is 8.77. The van der Waals surface area contributed by atoms with Crippen LogP contribution in [0, 0.1) is 10.8 Å². The molecule has 144 valence electrons. The molecule has 0 aromatic carbocycles. The van der Waals surface area contributed by atoms with Crippen LogP contribution < -0.4 is 11.5 Å². The Morgan fingerprint density at radius 2 is 1.23 bits per heavy atom. The van der Waals surface area contributed by atoms with Gasteiger partial charge in [0.25, 0.3) is 0 Å². The van der Waals surface area contributed by atoms with Gasteiger partial charge in [0.15, 0.2) is 0 Å². The monoisotopic (exact) mass is 362 g/mol. The molecule has 0 aromatic heterocycles. The Morgan fingerprint density at radius 1 is 0.769 bits per heavy atom. The molecule has 5 rings (SSSR count). The van der Waals surface area contributed by atoms with E-state index in [0.717, 1.165) is 65.0 Å². The standard InChI is InChI=1S/C20H30N2O4/c21-7-13-1-2-19(3-14-9-23-14,4-15-10-24-15)20(18(13)8-22,5-16-11-25-16)6-17-12-26-17/h7-8,14-17H,1-6,9-12,21-22H2. The summed E-state index contributed by atoms with van der Waals surface area (Å²) in [6.45, 7) is 3.46. The fraction of sp³-hybridized carbons (Fsp3) is 0.800. The number of hydrogen-bond acceptors (Lipinski definition) is 6. The first kappa shape index (κ1) is 17.0. The summed E-state index contributed by atoms with van der Waals surface area (Å²) >= 11 is 0. The molecule has 1 saturated carbocycles. The van der Waals surface area contributed by atoms with Crippen LogP contribution in [0.3, 0.4) is 0 Å². The van der Waals surface area contributed by atoms with Crippen LogP contribution in [-0.4, -0.2) is 50.8 Å². The maximum absolute atomic E-state index is 6.25. The average Bonchev–Trinajstić information content (AvgIpc) is 3.44. The van der Waals surface area contributed by atoms with Gasteiger partial charge in [0.1, 0.15) is 0 Å².